The van der Waals surface area contributed by atoms with Crippen molar-refractivity contribution in [1.82, 2.24) is 4.57 Å². The second-order valence-corrected chi connectivity index (χ2v) is 17.6. The Morgan fingerprint density at radius 3 is 1.67 bits per heavy atom. The fourth-order valence-corrected chi connectivity index (χ4v) is 11.4. The zero-order chi connectivity index (χ0) is 40.4. The van der Waals surface area contributed by atoms with E-state index in [1.807, 2.05) is 0 Å². The molecule has 2 bridgehead atoms. The molecule has 4 aliphatic rings. The number of nitrogens with zero attached hydrogens (tertiary/aromatic N) is 2. The van der Waals surface area contributed by atoms with Crippen molar-refractivity contribution in [3.63, 3.8) is 0 Å². The topological polar surface area (TPSA) is 8.17 Å². The Bertz CT molecular complexity index is 3360. The highest BCUT2D eigenvalue weighted by Crippen LogP contribution is 2.57. The van der Waals surface area contributed by atoms with Crippen LogP contribution in [-0.4, -0.2) is 4.57 Å². The Balaban J connectivity index is 0.955. The maximum Gasteiger partial charge on any atom is 0.0541 e. The molecule has 2 nitrogen and oxygen atoms in total. The molecule has 0 aliphatic heterocycles. The summed E-state index contributed by atoms with van der Waals surface area (Å²) in [6.07, 6.45) is 0. The molecule has 0 spiro atoms. The van der Waals surface area contributed by atoms with E-state index in [4.69, 9.17) is 0 Å². The second-order valence-electron chi connectivity index (χ2n) is 17.6. The molecular formula is C59H42N2. The summed E-state index contributed by atoms with van der Waals surface area (Å²) >= 11 is 0. The van der Waals surface area contributed by atoms with Crippen LogP contribution in [0.25, 0.3) is 49.7 Å². The second kappa shape index (κ2) is 12.8. The minimum Gasteiger partial charge on any atom is -0.310 e. The van der Waals surface area contributed by atoms with E-state index in [9.17, 15) is 0 Å². The van der Waals surface area contributed by atoms with Crippen LogP contribution in [0.15, 0.2) is 206 Å². The van der Waals surface area contributed by atoms with Gasteiger partial charge in [-0.15, -0.1) is 0 Å². The van der Waals surface area contributed by atoms with Crippen molar-refractivity contribution in [2.45, 2.75) is 31.1 Å². The van der Waals surface area contributed by atoms with Gasteiger partial charge in [0.2, 0.25) is 0 Å². The quantitative estimate of drug-likeness (QED) is 0.169. The summed E-state index contributed by atoms with van der Waals surface area (Å²) in [5, 5.41) is 2.52. The maximum atomic E-state index is 2.50. The van der Waals surface area contributed by atoms with E-state index in [1.165, 1.54) is 106 Å². The van der Waals surface area contributed by atoms with Crippen LogP contribution < -0.4 is 4.90 Å². The number of fused-ring (bicyclic) bond motifs is 6. The van der Waals surface area contributed by atoms with Crippen molar-refractivity contribution in [2.75, 3.05) is 4.90 Å². The largest absolute Gasteiger partial charge is 0.310 e. The summed E-state index contributed by atoms with van der Waals surface area (Å²) in [4.78, 5) is 2.49. The van der Waals surface area contributed by atoms with Crippen LogP contribution in [0.5, 0.6) is 0 Å². The number of aromatic nitrogens is 1. The Morgan fingerprint density at radius 1 is 0.377 bits per heavy atom. The van der Waals surface area contributed by atoms with Crippen LogP contribution in [0, 0.1) is 0 Å². The summed E-state index contributed by atoms with van der Waals surface area (Å²) in [6, 6.07) is 77.2. The molecule has 1 aromatic heterocycles. The Morgan fingerprint density at radius 2 is 0.918 bits per heavy atom. The van der Waals surface area contributed by atoms with E-state index in [2.05, 4.69) is 230 Å². The number of hydrogen-bond acceptors (Lipinski definition) is 1. The minimum atomic E-state index is -0.109. The lowest BCUT2D eigenvalue weighted by atomic mass is 9.61. The highest BCUT2D eigenvalue weighted by Gasteiger charge is 2.41. The summed E-state index contributed by atoms with van der Waals surface area (Å²) in [5.41, 5.74) is 23.4. The van der Waals surface area contributed by atoms with E-state index < -0.39 is 0 Å². The van der Waals surface area contributed by atoms with Crippen LogP contribution >= 0.6 is 0 Å². The van der Waals surface area contributed by atoms with Gasteiger partial charge in [-0.2, -0.15) is 0 Å². The molecule has 0 unspecified atom stereocenters. The smallest absolute Gasteiger partial charge is 0.0541 e. The van der Waals surface area contributed by atoms with E-state index in [1.54, 1.807) is 0 Å². The van der Waals surface area contributed by atoms with Gasteiger partial charge in [-0.1, -0.05) is 153 Å². The zero-order valence-corrected chi connectivity index (χ0v) is 34.2. The highest BCUT2D eigenvalue weighted by atomic mass is 15.1. The van der Waals surface area contributed by atoms with Crippen LogP contribution in [0.2, 0.25) is 0 Å². The lowest BCUT2D eigenvalue weighted by Gasteiger charge is -2.42. The molecule has 0 fully saturated rings. The van der Waals surface area contributed by atoms with Crippen molar-refractivity contribution >= 4 is 38.9 Å². The van der Waals surface area contributed by atoms with Gasteiger partial charge in [-0.3, -0.25) is 0 Å². The maximum absolute atomic E-state index is 2.50. The van der Waals surface area contributed by atoms with Crippen molar-refractivity contribution in [2.24, 2.45) is 0 Å². The Labute approximate surface area is 356 Å². The molecule has 4 aliphatic carbocycles. The SMILES string of the molecule is CC1(C)c2ccccc2-c2ccc(N(c3ccc(-c4ccc5c(c4)c4ccccc4n5-c4ccccc4)cc3)c3ccc4c(c3)C3c5ccccc5C4c4ccccc43)cc21. The monoisotopic (exact) mass is 778 g/mol. The predicted octanol–water partition coefficient (Wildman–Crippen LogP) is 15.2. The third-order valence-electron chi connectivity index (χ3n) is 14.2. The molecule has 0 N–H and O–H groups in total. The molecule has 0 saturated heterocycles. The van der Waals surface area contributed by atoms with Gasteiger partial charge < -0.3 is 9.47 Å². The zero-order valence-electron chi connectivity index (χ0n) is 34.2. The fraction of sp³-hybridized carbons (Fsp3) is 0.0847. The molecule has 0 atom stereocenters. The predicted molar refractivity (Wildman–Crippen MR) is 253 cm³/mol. The first kappa shape index (κ1) is 34.4. The normalized spacial score (nSPS) is 16.2. The molecule has 14 rings (SSSR count). The highest BCUT2D eigenvalue weighted by molar-refractivity contribution is 6.10. The van der Waals surface area contributed by atoms with E-state index in [0.717, 1.165) is 5.69 Å². The lowest BCUT2D eigenvalue weighted by molar-refractivity contribution is 0.660. The molecule has 9 aromatic carbocycles. The van der Waals surface area contributed by atoms with Gasteiger partial charge in [0.1, 0.15) is 0 Å². The standard InChI is InChI=1S/C59H42N2/c1-59(2)53-22-12-10-16-43(53)44-31-29-42(36-54(44)59)60(41-30-32-50-52(35-41)58-48-20-8-6-18-46(48)57(50)47-19-7-9-21-49(47)58)40-27-24-37(25-28-40)38-26-33-56-51(34-38)45-17-11-13-23-55(45)61(56)39-14-4-3-5-15-39/h3-36,57-58H,1-2H3. The van der Waals surface area contributed by atoms with Gasteiger partial charge in [0.15, 0.2) is 0 Å². The first-order valence-corrected chi connectivity index (χ1v) is 21.6. The summed E-state index contributed by atoms with van der Waals surface area (Å²) in [5.74, 6) is 0.445. The molecule has 10 aromatic rings. The third-order valence-corrected chi connectivity index (χ3v) is 14.2. The van der Waals surface area contributed by atoms with Crippen LogP contribution in [-0.2, 0) is 5.41 Å². The first-order valence-electron chi connectivity index (χ1n) is 21.6. The molecule has 0 saturated carbocycles. The molecule has 61 heavy (non-hydrogen) atoms. The van der Waals surface area contributed by atoms with Gasteiger partial charge in [0.25, 0.3) is 0 Å². The number of anilines is 3. The molecular weight excluding hydrogens is 737 g/mol. The average molecular weight is 779 g/mol. The van der Waals surface area contributed by atoms with E-state index >= 15 is 0 Å². The van der Waals surface area contributed by atoms with Crippen LogP contribution in [0.1, 0.15) is 70.2 Å². The number of para-hydroxylation sites is 2. The van der Waals surface area contributed by atoms with Gasteiger partial charge in [0, 0.05) is 50.8 Å². The van der Waals surface area contributed by atoms with Crippen molar-refractivity contribution in [3.05, 3.63) is 251 Å². The van der Waals surface area contributed by atoms with Crippen molar-refractivity contribution < 1.29 is 0 Å². The molecule has 288 valence electrons. The summed E-state index contributed by atoms with van der Waals surface area (Å²) in [6.45, 7) is 4.75. The lowest BCUT2D eigenvalue weighted by Crippen LogP contribution is -2.27. The van der Waals surface area contributed by atoms with Crippen molar-refractivity contribution in [1.29, 1.82) is 0 Å². The van der Waals surface area contributed by atoms with Crippen LogP contribution in [0.4, 0.5) is 17.1 Å². The Kier molecular flexibility index (Phi) is 7.22. The molecule has 1 heterocycles. The number of benzene rings is 9. The minimum absolute atomic E-state index is 0.109. The molecule has 2 heteroatoms. The third kappa shape index (κ3) is 4.91. The van der Waals surface area contributed by atoms with E-state index in [-0.39, 0.29) is 17.3 Å². The van der Waals surface area contributed by atoms with Crippen molar-refractivity contribution in [3.8, 4) is 27.9 Å². The number of rotatable bonds is 5. The van der Waals surface area contributed by atoms with E-state index in [0.29, 0.717) is 0 Å². The fourth-order valence-electron chi connectivity index (χ4n) is 11.4. The summed E-state index contributed by atoms with van der Waals surface area (Å²) < 4.78 is 2.38. The average Bonchev–Trinajstić information content (AvgIpc) is 3.77. The molecule has 0 radical (unpaired) electrons. The first-order chi connectivity index (χ1) is 30.0. The molecule has 0 amide bonds. The van der Waals surface area contributed by atoms with Gasteiger partial charge in [-0.25, -0.2) is 0 Å². The number of hydrogen-bond donors (Lipinski definition) is 0. The van der Waals surface area contributed by atoms with Gasteiger partial charge >= 0.3 is 0 Å². The Hall–Kier alpha value is -7.42. The summed E-state index contributed by atoms with van der Waals surface area (Å²) in [7, 11) is 0. The van der Waals surface area contributed by atoms with Gasteiger partial charge in [-0.05, 0) is 133 Å². The van der Waals surface area contributed by atoms with Gasteiger partial charge in [0.05, 0.1) is 11.0 Å². The van der Waals surface area contributed by atoms with Crippen LogP contribution in [0.3, 0.4) is 0 Å².